The van der Waals surface area contributed by atoms with Crippen LogP contribution in [0.3, 0.4) is 0 Å². The largest absolute Gasteiger partial charge is 0.317 e. The van der Waals surface area contributed by atoms with E-state index in [1.165, 1.54) is 0 Å². The van der Waals surface area contributed by atoms with Crippen molar-refractivity contribution in [3.8, 4) is 0 Å². The van der Waals surface area contributed by atoms with Gasteiger partial charge in [-0.2, -0.15) is 0 Å². The monoisotopic (exact) mass is 127 g/mol. The van der Waals surface area contributed by atoms with Gasteiger partial charge in [-0.25, -0.2) is 0 Å². The Labute approximate surface area is 55.6 Å². The van der Waals surface area contributed by atoms with Crippen LogP contribution in [0.2, 0.25) is 0 Å². The molecular formula is C7H13NO. The molecule has 52 valence electrons. The van der Waals surface area contributed by atoms with Crippen LogP contribution in [0, 0.1) is 0 Å². The molecule has 9 heavy (non-hydrogen) atoms. The molecule has 0 unspecified atom stereocenters. The highest BCUT2D eigenvalue weighted by Crippen LogP contribution is 2.13. The molecule has 1 aliphatic carbocycles. The van der Waals surface area contributed by atoms with Gasteiger partial charge in [0, 0.05) is 18.9 Å². The van der Waals surface area contributed by atoms with Crippen molar-refractivity contribution < 1.29 is 4.79 Å². The fraction of sp³-hybridized carbons (Fsp3) is 0.857. The summed E-state index contributed by atoms with van der Waals surface area (Å²) in [6, 6.07) is 0.600. The summed E-state index contributed by atoms with van der Waals surface area (Å²) in [5, 5.41) is 3.17. The average molecular weight is 127 g/mol. The van der Waals surface area contributed by atoms with Crippen LogP contribution in [0.4, 0.5) is 0 Å². The van der Waals surface area contributed by atoms with Gasteiger partial charge in [-0.3, -0.25) is 4.79 Å². The lowest BCUT2D eigenvalue weighted by Crippen LogP contribution is -2.29. The summed E-state index contributed by atoms with van der Waals surface area (Å²) in [6.45, 7) is 0. The van der Waals surface area contributed by atoms with Crippen molar-refractivity contribution >= 4 is 5.78 Å². The molecule has 0 radical (unpaired) electrons. The summed E-state index contributed by atoms with van der Waals surface area (Å²) >= 11 is 0. The van der Waals surface area contributed by atoms with E-state index in [2.05, 4.69) is 5.32 Å². The van der Waals surface area contributed by atoms with Crippen molar-refractivity contribution in [1.29, 1.82) is 0 Å². The maximum absolute atomic E-state index is 10.7. The van der Waals surface area contributed by atoms with Gasteiger partial charge in [0.2, 0.25) is 0 Å². The first-order valence-corrected chi connectivity index (χ1v) is 3.52. The van der Waals surface area contributed by atoms with Crippen molar-refractivity contribution in [3.63, 3.8) is 0 Å². The Morgan fingerprint density at radius 3 is 2.44 bits per heavy atom. The predicted octanol–water partition coefficient (Wildman–Crippen LogP) is 0.718. The average Bonchev–Trinajstić information content (AvgIpc) is 1.90. The molecule has 1 N–H and O–H groups in total. The predicted molar refractivity (Wildman–Crippen MR) is 36.3 cm³/mol. The number of nitrogens with one attached hydrogen (secondary N) is 1. The quantitative estimate of drug-likeness (QED) is 0.562. The van der Waals surface area contributed by atoms with Gasteiger partial charge in [0.1, 0.15) is 5.78 Å². The van der Waals surface area contributed by atoms with Gasteiger partial charge in [0.25, 0.3) is 0 Å². The van der Waals surface area contributed by atoms with Crippen LogP contribution in [0.1, 0.15) is 25.7 Å². The number of carbonyl (C=O) groups excluding carboxylic acids is 1. The van der Waals surface area contributed by atoms with Crippen LogP contribution in [-0.4, -0.2) is 18.9 Å². The molecule has 0 amide bonds. The number of ketones is 1. The van der Waals surface area contributed by atoms with E-state index in [0.717, 1.165) is 25.7 Å². The summed E-state index contributed by atoms with van der Waals surface area (Å²) in [6.07, 6.45) is 3.64. The van der Waals surface area contributed by atoms with Crippen LogP contribution in [0.25, 0.3) is 0 Å². The summed E-state index contributed by atoms with van der Waals surface area (Å²) < 4.78 is 0. The van der Waals surface area contributed by atoms with E-state index in [-0.39, 0.29) is 0 Å². The number of rotatable bonds is 1. The third kappa shape index (κ3) is 1.79. The first-order chi connectivity index (χ1) is 4.33. The second kappa shape index (κ2) is 2.97. The molecular weight excluding hydrogens is 114 g/mol. The summed E-state index contributed by atoms with van der Waals surface area (Å²) in [5.74, 6) is 0.432. The van der Waals surface area contributed by atoms with Crippen LogP contribution in [-0.2, 0) is 4.79 Å². The first kappa shape index (κ1) is 6.75. The Hall–Kier alpha value is -0.370. The van der Waals surface area contributed by atoms with E-state index in [4.69, 9.17) is 0 Å². The molecule has 2 heteroatoms. The van der Waals surface area contributed by atoms with E-state index in [1.807, 2.05) is 7.05 Å². The molecule has 2 nitrogen and oxygen atoms in total. The van der Waals surface area contributed by atoms with E-state index in [9.17, 15) is 4.79 Å². The molecule has 0 bridgehead atoms. The molecule has 0 atom stereocenters. The van der Waals surface area contributed by atoms with Crippen molar-refractivity contribution in [3.05, 3.63) is 0 Å². The van der Waals surface area contributed by atoms with Gasteiger partial charge in [0.15, 0.2) is 0 Å². The highest BCUT2D eigenvalue weighted by atomic mass is 16.1. The molecule has 0 spiro atoms. The standard InChI is InChI=1S/C7H13NO/c1-8-6-2-4-7(9)5-3-6/h6,8H,2-5H2,1H3. The van der Waals surface area contributed by atoms with E-state index >= 15 is 0 Å². The second-order valence-corrected chi connectivity index (χ2v) is 2.60. The molecule has 0 aliphatic heterocycles. The molecule has 1 saturated carbocycles. The smallest absolute Gasteiger partial charge is 0.133 e. The highest BCUT2D eigenvalue weighted by molar-refractivity contribution is 5.79. The third-order valence-electron chi connectivity index (χ3n) is 1.95. The highest BCUT2D eigenvalue weighted by Gasteiger charge is 2.15. The van der Waals surface area contributed by atoms with E-state index < -0.39 is 0 Å². The fourth-order valence-electron chi connectivity index (χ4n) is 1.23. The van der Waals surface area contributed by atoms with Gasteiger partial charge < -0.3 is 5.32 Å². The Bertz CT molecular complexity index is 101. The zero-order valence-electron chi connectivity index (χ0n) is 5.81. The minimum Gasteiger partial charge on any atom is -0.317 e. The van der Waals surface area contributed by atoms with Crippen LogP contribution in [0.15, 0.2) is 0 Å². The second-order valence-electron chi connectivity index (χ2n) is 2.60. The minimum atomic E-state index is 0.432. The Morgan fingerprint density at radius 1 is 1.44 bits per heavy atom. The molecule has 1 aliphatic rings. The molecule has 1 rings (SSSR count). The van der Waals surface area contributed by atoms with Gasteiger partial charge in [0.05, 0.1) is 0 Å². The topological polar surface area (TPSA) is 29.1 Å². The van der Waals surface area contributed by atoms with Crippen LogP contribution in [0.5, 0.6) is 0 Å². The lowest BCUT2D eigenvalue weighted by Gasteiger charge is -2.19. The molecule has 1 fully saturated rings. The SMILES string of the molecule is CNC1CCC(=O)CC1. The maximum atomic E-state index is 10.7. The van der Waals surface area contributed by atoms with Crippen LogP contribution >= 0.6 is 0 Å². The molecule has 0 aromatic rings. The van der Waals surface area contributed by atoms with Gasteiger partial charge in [-0.1, -0.05) is 0 Å². The third-order valence-corrected chi connectivity index (χ3v) is 1.95. The Morgan fingerprint density at radius 2 is 2.00 bits per heavy atom. The summed E-state index contributed by atoms with van der Waals surface area (Å²) in [5.41, 5.74) is 0. The fourth-order valence-corrected chi connectivity index (χ4v) is 1.23. The maximum Gasteiger partial charge on any atom is 0.133 e. The first-order valence-electron chi connectivity index (χ1n) is 3.52. The van der Waals surface area contributed by atoms with E-state index in [0.29, 0.717) is 11.8 Å². The molecule has 0 aromatic carbocycles. The molecule has 0 aromatic heterocycles. The van der Waals surface area contributed by atoms with Gasteiger partial charge in [-0.05, 0) is 19.9 Å². The minimum absolute atomic E-state index is 0.432. The normalized spacial score (nSPS) is 22.6. The van der Waals surface area contributed by atoms with Crippen molar-refractivity contribution in [2.75, 3.05) is 7.05 Å². The van der Waals surface area contributed by atoms with Gasteiger partial charge in [-0.15, -0.1) is 0 Å². The number of carbonyl (C=O) groups is 1. The van der Waals surface area contributed by atoms with Crippen molar-refractivity contribution in [1.82, 2.24) is 5.32 Å². The van der Waals surface area contributed by atoms with Gasteiger partial charge >= 0.3 is 0 Å². The van der Waals surface area contributed by atoms with E-state index in [1.54, 1.807) is 0 Å². The lowest BCUT2D eigenvalue weighted by molar-refractivity contribution is -0.120. The van der Waals surface area contributed by atoms with Crippen molar-refractivity contribution in [2.24, 2.45) is 0 Å². The molecule has 0 heterocycles. The Kier molecular flexibility index (Phi) is 2.22. The zero-order chi connectivity index (χ0) is 6.69. The lowest BCUT2D eigenvalue weighted by atomic mass is 9.95. The number of hydrogen-bond acceptors (Lipinski definition) is 2. The zero-order valence-corrected chi connectivity index (χ0v) is 5.81. The molecule has 0 saturated heterocycles. The van der Waals surface area contributed by atoms with Crippen LogP contribution < -0.4 is 5.32 Å². The summed E-state index contributed by atoms with van der Waals surface area (Å²) in [7, 11) is 1.96. The number of Topliss-reactive ketones (excluding diaryl/α,β-unsaturated/α-hetero) is 1. The number of hydrogen-bond donors (Lipinski definition) is 1. The Balaban J connectivity index is 2.26. The van der Waals surface area contributed by atoms with Crippen molar-refractivity contribution in [2.45, 2.75) is 31.7 Å². The summed E-state index contributed by atoms with van der Waals surface area (Å²) in [4.78, 5) is 10.7.